The van der Waals surface area contributed by atoms with Crippen molar-refractivity contribution in [2.75, 3.05) is 25.4 Å². The zero-order valence-corrected chi connectivity index (χ0v) is 18.3. The molecule has 3 N–H and O–H groups in total. The second-order valence-corrected chi connectivity index (χ2v) is 9.23. The van der Waals surface area contributed by atoms with E-state index in [-0.39, 0.29) is 17.4 Å². The Morgan fingerprint density at radius 2 is 1.84 bits per heavy atom. The van der Waals surface area contributed by atoms with Crippen molar-refractivity contribution in [1.82, 2.24) is 25.2 Å². The Labute approximate surface area is 185 Å². The van der Waals surface area contributed by atoms with Gasteiger partial charge in [-0.2, -0.15) is 5.10 Å². The number of sulfonamides is 1. The van der Waals surface area contributed by atoms with Crippen molar-refractivity contribution in [3.63, 3.8) is 0 Å². The molecule has 0 saturated carbocycles. The minimum absolute atomic E-state index is 0.141. The average Bonchev–Trinajstić information content (AvgIpc) is 3.30. The molecule has 0 bridgehead atoms. The van der Waals surface area contributed by atoms with Gasteiger partial charge in [0.25, 0.3) is 5.91 Å². The summed E-state index contributed by atoms with van der Waals surface area (Å²) in [6, 6.07) is 15.6. The normalized spacial score (nSPS) is 11.2. The van der Waals surface area contributed by atoms with E-state index in [1.165, 1.54) is 42.4 Å². The van der Waals surface area contributed by atoms with Crippen molar-refractivity contribution >= 4 is 27.7 Å². The standard InChI is InChI=1S/C20H23N5O4S2/c26-19(21-12-13-30-20-22-15-23-25-20)14-29-17-6-8-18(9-7-17)31(27,28)24-11-10-16-4-2-1-3-5-16/h1-9,15,24H,10-14H2,(H,21,26)(H,22,23,25). The largest absolute Gasteiger partial charge is 0.484 e. The number of aromatic amines is 1. The van der Waals surface area contributed by atoms with E-state index in [4.69, 9.17) is 4.74 Å². The summed E-state index contributed by atoms with van der Waals surface area (Å²) in [7, 11) is -3.61. The molecule has 9 nitrogen and oxygen atoms in total. The highest BCUT2D eigenvalue weighted by Crippen LogP contribution is 2.16. The zero-order valence-electron chi connectivity index (χ0n) is 16.7. The molecule has 0 aliphatic rings. The maximum absolute atomic E-state index is 12.4. The van der Waals surface area contributed by atoms with Crippen LogP contribution in [0, 0.1) is 0 Å². The molecule has 31 heavy (non-hydrogen) atoms. The highest BCUT2D eigenvalue weighted by molar-refractivity contribution is 7.99. The summed E-state index contributed by atoms with van der Waals surface area (Å²) in [5.41, 5.74) is 1.06. The average molecular weight is 462 g/mol. The lowest BCUT2D eigenvalue weighted by molar-refractivity contribution is -0.122. The fraction of sp³-hybridized carbons (Fsp3) is 0.250. The van der Waals surface area contributed by atoms with Gasteiger partial charge in [-0.05, 0) is 36.2 Å². The number of amides is 1. The van der Waals surface area contributed by atoms with Crippen LogP contribution < -0.4 is 14.8 Å². The van der Waals surface area contributed by atoms with E-state index in [0.29, 0.717) is 36.2 Å². The van der Waals surface area contributed by atoms with Gasteiger partial charge in [0, 0.05) is 18.8 Å². The van der Waals surface area contributed by atoms with Crippen molar-refractivity contribution in [2.24, 2.45) is 0 Å². The number of carbonyl (C=O) groups excluding carboxylic acids is 1. The molecule has 0 atom stereocenters. The lowest BCUT2D eigenvalue weighted by Gasteiger charge is -2.09. The first-order valence-corrected chi connectivity index (χ1v) is 12.0. The molecular weight excluding hydrogens is 438 g/mol. The number of nitrogens with one attached hydrogen (secondary N) is 3. The van der Waals surface area contributed by atoms with Crippen LogP contribution in [0.4, 0.5) is 0 Å². The van der Waals surface area contributed by atoms with Gasteiger partial charge < -0.3 is 10.1 Å². The Bertz CT molecular complexity index is 1040. The number of nitrogens with zero attached hydrogens (tertiary/aromatic N) is 2. The predicted octanol–water partition coefficient (Wildman–Crippen LogP) is 1.61. The summed E-state index contributed by atoms with van der Waals surface area (Å²) < 4.78 is 32.8. The first-order valence-electron chi connectivity index (χ1n) is 9.54. The molecule has 164 valence electrons. The number of ether oxygens (including phenoxy) is 1. The van der Waals surface area contributed by atoms with Crippen LogP contribution >= 0.6 is 11.8 Å². The first-order chi connectivity index (χ1) is 15.0. The van der Waals surface area contributed by atoms with Crippen molar-refractivity contribution in [2.45, 2.75) is 16.5 Å². The molecular formula is C20H23N5O4S2. The minimum atomic E-state index is -3.61. The molecule has 3 rings (SSSR count). The van der Waals surface area contributed by atoms with Gasteiger partial charge in [0.05, 0.1) is 4.90 Å². The third-order valence-corrected chi connectivity index (χ3v) is 6.46. The highest BCUT2D eigenvalue weighted by Gasteiger charge is 2.13. The molecule has 0 radical (unpaired) electrons. The van der Waals surface area contributed by atoms with E-state index in [1.807, 2.05) is 30.3 Å². The number of hydrogen-bond donors (Lipinski definition) is 3. The van der Waals surface area contributed by atoms with Gasteiger partial charge in [0.1, 0.15) is 12.1 Å². The Hall–Kier alpha value is -2.89. The third kappa shape index (κ3) is 7.70. The number of carbonyl (C=O) groups is 1. The first kappa shape index (κ1) is 22.8. The van der Waals surface area contributed by atoms with Crippen LogP contribution in [0.5, 0.6) is 5.75 Å². The fourth-order valence-electron chi connectivity index (χ4n) is 2.57. The van der Waals surface area contributed by atoms with Gasteiger partial charge in [-0.3, -0.25) is 9.89 Å². The van der Waals surface area contributed by atoms with Crippen molar-refractivity contribution in [3.05, 3.63) is 66.5 Å². The Balaban J connectivity index is 1.37. The molecule has 2 aromatic carbocycles. The molecule has 0 aliphatic carbocycles. The van der Waals surface area contributed by atoms with Crippen LogP contribution in [0.2, 0.25) is 0 Å². The number of aromatic nitrogens is 3. The van der Waals surface area contributed by atoms with E-state index >= 15 is 0 Å². The Morgan fingerprint density at radius 3 is 2.55 bits per heavy atom. The second-order valence-electron chi connectivity index (χ2n) is 6.38. The van der Waals surface area contributed by atoms with Crippen LogP contribution in [-0.2, 0) is 21.2 Å². The minimum Gasteiger partial charge on any atom is -0.484 e. The molecule has 0 unspecified atom stereocenters. The SMILES string of the molecule is O=C(COc1ccc(S(=O)(=O)NCCc2ccccc2)cc1)NCCSc1ncn[nH]1. The maximum atomic E-state index is 12.4. The molecule has 0 spiro atoms. The second kappa shape index (κ2) is 11.5. The van der Waals surface area contributed by atoms with E-state index in [1.54, 1.807) is 0 Å². The molecule has 0 aliphatic heterocycles. The van der Waals surface area contributed by atoms with Crippen LogP contribution in [0.25, 0.3) is 0 Å². The highest BCUT2D eigenvalue weighted by atomic mass is 32.2. The van der Waals surface area contributed by atoms with Gasteiger partial charge in [0.2, 0.25) is 10.0 Å². The Kier molecular flexibility index (Phi) is 8.44. The number of rotatable bonds is 12. The number of H-pyrrole nitrogens is 1. The summed E-state index contributed by atoms with van der Waals surface area (Å²) >= 11 is 1.44. The lowest BCUT2D eigenvalue weighted by Crippen LogP contribution is -2.30. The fourth-order valence-corrected chi connectivity index (χ4v) is 4.24. The predicted molar refractivity (Wildman–Crippen MR) is 117 cm³/mol. The van der Waals surface area contributed by atoms with E-state index in [0.717, 1.165) is 5.56 Å². The van der Waals surface area contributed by atoms with Crippen molar-refractivity contribution < 1.29 is 17.9 Å². The maximum Gasteiger partial charge on any atom is 0.257 e. The lowest BCUT2D eigenvalue weighted by atomic mass is 10.2. The van der Waals surface area contributed by atoms with Crippen LogP contribution in [0.3, 0.4) is 0 Å². The third-order valence-electron chi connectivity index (χ3n) is 4.11. The number of hydrogen-bond acceptors (Lipinski definition) is 7. The van der Waals surface area contributed by atoms with Gasteiger partial charge in [0.15, 0.2) is 11.8 Å². The van der Waals surface area contributed by atoms with Crippen LogP contribution in [-0.4, -0.2) is 55.0 Å². The number of benzene rings is 2. The monoisotopic (exact) mass is 461 g/mol. The van der Waals surface area contributed by atoms with E-state index < -0.39 is 10.0 Å². The molecule has 1 aromatic heterocycles. The molecule has 1 heterocycles. The molecule has 1 amide bonds. The topological polar surface area (TPSA) is 126 Å². The van der Waals surface area contributed by atoms with E-state index in [9.17, 15) is 13.2 Å². The quantitative estimate of drug-likeness (QED) is 0.276. The van der Waals surface area contributed by atoms with Crippen LogP contribution in [0.15, 0.2) is 71.0 Å². The van der Waals surface area contributed by atoms with Gasteiger partial charge in [-0.1, -0.05) is 42.1 Å². The summed E-state index contributed by atoms with van der Waals surface area (Å²) in [5, 5.41) is 9.89. The van der Waals surface area contributed by atoms with Crippen LogP contribution in [0.1, 0.15) is 5.56 Å². The molecule has 0 fully saturated rings. The summed E-state index contributed by atoms with van der Waals surface area (Å²) in [4.78, 5) is 16.0. The van der Waals surface area contributed by atoms with Gasteiger partial charge in [-0.15, -0.1) is 0 Å². The molecule has 3 aromatic rings. The summed E-state index contributed by atoms with van der Waals surface area (Å²) in [6.45, 7) is 0.604. The number of thioether (sulfide) groups is 1. The Morgan fingerprint density at radius 1 is 1.06 bits per heavy atom. The van der Waals surface area contributed by atoms with Crippen molar-refractivity contribution in [1.29, 1.82) is 0 Å². The molecule has 11 heteroatoms. The van der Waals surface area contributed by atoms with Gasteiger partial charge in [-0.25, -0.2) is 18.1 Å². The van der Waals surface area contributed by atoms with Crippen molar-refractivity contribution in [3.8, 4) is 5.75 Å². The van der Waals surface area contributed by atoms with E-state index in [2.05, 4.69) is 25.2 Å². The smallest absolute Gasteiger partial charge is 0.257 e. The summed E-state index contributed by atoms with van der Waals surface area (Å²) in [5.74, 6) is 0.789. The molecule has 0 saturated heterocycles. The van der Waals surface area contributed by atoms with Gasteiger partial charge >= 0.3 is 0 Å². The summed E-state index contributed by atoms with van der Waals surface area (Å²) in [6.07, 6.45) is 2.03. The zero-order chi connectivity index (χ0) is 21.9.